The van der Waals surface area contributed by atoms with Gasteiger partial charge in [0.05, 0.1) is 6.54 Å². The lowest BCUT2D eigenvalue weighted by Gasteiger charge is -2.36. The number of benzene rings is 2. The molecular formula is C24H32N4O2S. The van der Waals surface area contributed by atoms with Crippen LogP contribution in [-0.2, 0) is 4.79 Å². The van der Waals surface area contributed by atoms with Gasteiger partial charge in [-0.05, 0) is 49.2 Å². The molecule has 1 aliphatic heterocycles. The normalized spacial score (nSPS) is 14.8. The first-order valence-corrected chi connectivity index (χ1v) is 11.7. The van der Waals surface area contributed by atoms with Crippen molar-refractivity contribution in [3.63, 3.8) is 0 Å². The molecule has 2 aromatic carbocycles. The van der Waals surface area contributed by atoms with Gasteiger partial charge >= 0.3 is 6.03 Å². The van der Waals surface area contributed by atoms with Crippen molar-refractivity contribution in [3.8, 4) is 0 Å². The number of anilines is 2. The second-order valence-corrected chi connectivity index (χ2v) is 9.34. The number of rotatable bonds is 7. The Kier molecular flexibility index (Phi) is 8.23. The summed E-state index contributed by atoms with van der Waals surface area (Å²) in [5, 5.41) is 6.11. The average molecular weight is 441 g/mol. The molecule has 1 aliphatic rings. The van der Waals surface area contributed by atoms with E-state index in [9.17, 15) is 9.59 Å². The number of amides is 3. The maximum atomic E-state index is 12.5. The minimum atomic E-state index is -0.360. The van der Waals surface area contributed by atoms with Crippen LogP contribution in [0, 0.1) is 6.92 Å². The molecule has 166 valence electrons. The molecule has 0 saturated carbocycles. The van der Waals surface area contributed by atoms with E-state index in [0.717, 1.165) is 30.8 Å². The highest BCUT2D eigenvalue weighted by Gasteiger charge is 2.21. The predicted octanol–water partition coefficient (Wildman–Crippen LogP) is 4.36. The summed E-state index contributed by atoms with van der Waals surface area (Å²) in [5.74, 6) is -0.0557. The van der Waals surface area contributed by atoms with Crippen molar-refractivity contribution in [2.24, 2.45) is 0 Å². The van der Waals surface area contributed by atoms with Crippen LogP contribution in [0.3, 0.4) is 0 Å². The number of para-hydroxylation sites is 1. The Morgan fingerprint density at radius 3 is 2.42 bits per heavy atom. The summed E-state index contributed by atoms with van der Waals surface area (Å²) in [7, 11) is 0. The van der Waals surface area contributed by atoms with Crippen molar-refractivity contribution in [1.82, 2.24) is 10.2 Å². The van der Waals surface area contributed by atoms with Crippen LogP contribution < -0.4 is 15.5 Å². The van der Waals surface area contributed by atoms with Gasteiger partial charge in [-0.25, -0.2) is 4.79 Å². The number of nitrogens with one attached hydrogen (secondary N) is 2. The standard InChI is InChI=1S/C24H32N4O2S/c1-4-19(3)31-21-10-11-22(18(2)16-21)26-24(30)25-17-23(29)28-14-12-27(13-15-28)20-8-6-5-7-9-20/h5-11,16,19H,4,12-15,17H2,1-3H3,(H2,25,26,30). The van der Waals surface area contributed by atoms with Crippen molar-refractivity contribution in [2.75, 3.05) is 42.9 Å². The van der Waals surface area contributed by atoms with Crippen LogP contribution in [0.15, 0.2) is 53.4 Å². The average Bonchev–Trinajstić information content (AvgIpc) is 2.80. The second-order valence-electron chi connectivity index (χ2n) is 7.82. The van der Waals surface area contributed by atoms with Crippen LogP contribution in [-0.4, -0.2) is 54.8 Å². The second kappa shape index (κ2) is 11.1. The first-order chi connectivity index (χ1) is 15.0. The molecule has 1 saturated heterocycles. The molecule has 3 rings (SSSR count). The Labute approximate surface area is 189 Å². The van der Waals surface area contributed by atoms with Gasteiger partial charge in [0.2, 0.25) is 5.91 Å². The Balaban J connectivity index is 1.43. The molecule has 2 N–H and O–H groups in total. The fourth-order valence-corrected chi connectivity index (χ4v) is 4.48. The van der Waals surface area contributed by atoms with E-state index in [4.69, 9.17) is 0 Å². The van der Waals surface area contributed by atoms with Crippen molar-refractivity contribution >= 4 is 35.1 Å². The fourth-order valence-electron chi connectivity index (χ4n) is 3.45. The number of thioether (sulfide) groups is 1. The minimum absolute atomic E-state index is 0.00182. The van der Waals surface area contributed by atoms with E-state index >= 15 is 0 Å². The zero-order chi connectivity index (χ0) is 22.2. The molecular weight excluding hydrogens is 408 g/mol. The van der Waals surface area contributed by atoms with Crippen LogP contribution in [0.2, 0.25) is 0 Å². The van der Waals surface area contributed by atoms with Crippen LogP contribution >= 0.6 is 11.8 Å². The summed E-state index contributed by atoms with van der Waals surface area (Å²) in [5.41, 5.74) is 2.94. The molecule has 7 heteroatoms. The smallest absolute Gasteiger partial charge is 0.319 e. The van der Waals surface area contributed by atoms with Gasteiger partial charge in [0, 0.05) is 47.7 Å². The maximum absolute atomic E-state index is 12.5. The summed E-state index contributed by atoms with van der Waals surface area (Å²) in [4.78, 5) is 30.1. The number of hydrogen-bond donors (Lipinski definition) is 2. The molecule has 1 heterocycles. The number of nitrogens with zero attached hydrogens (tertiary/aromatic N) is 2. The van der Waals surface area contributed by atoms with Gasteiger partial charge in [0.15, 0.2) is 0 Å². The summed E-state index contributed by atoms with van der Waals surface area (Å²) in [6.45, 7) is 9.26. The number of carbonyl (C=O) groups excluding carboxylic acids is 2. The third-order valence-electron chi connectivity index (χ3n) is 5.51. The molecule has 1 unspecified atom stereocenters. The largest absolute Gasteiger partial charge is 0.368 e. The third-order valence-corrected chi connectivity index (χ3v) is 6.77. The van der Waals surface area contributed by atoms with E-state index in [1.54, 1.807) is 0 Å². The van der Waals surface area contributed by atoms with Crippen LogP contribution in [0.4, 0.5) is 16.2 Å². The minimum Gasteiger partial charge on any atom is -0.368 e. The molecule has 1 fully saturated rings. The number of urea groups is 1. The fraction of sp³-hybridized carbons (Fsp3) is 0.417. The zero-order valence-electron chi connectivity index (χ0n) is 18.6. The molecule has 1 atom stereocenters. The van der Waals surface area contributed by atoms with Gasteiger partial charge in [0.25, 0.3) is 0 Å². The Morgan fingerprint density at radius 1 is 1.06 bits per heavy atom. The van der Waals surface area contributed by atoms with E-state index in [-0.39, 0.29) is 18.5 Å². The summed E-state index contributed by atoms with van der Waals surface area (Å²) >= 11 is 1.83. The van der Waals surface area contributed by atoms with Crippen LogP contribution in [0.25, 0.3) is 0 Å². The van der Waals surface area contributed by atoms with E-state index in [1.807, 2.05) is 53.9 Å². The monoisotopic (exact) mass is 440 g/mol. The quantitative estimate of drug-likeness (QED) is 0.628. The predicted molar refractivity (Wildman–Crippen MR) is 129 cm³/mol. The molecule has 3 amide bonds. The van der Waals surface area contributed by atoms with E-state index in [1.165, 1.54) is 10.6 Å². The topological polar surface area (TPSA) is 64.7 Å². The highest BCUT2D eigenvalue weighted by atomic mass is 32.2. The highest BCUT2D eigenvalue weighted by molar-refractivity contribution is 7.99. The van der Waals surface area contributed by atoms with E-state index in [2.05, 4.69) is 47.6 Å². The van der Waals surface area contributed by atoms with Gasteiger partial charge in [-0.1, -0.05) is 32.0 Å². The summed E-state index contributed by atoms with van der Waals surface area (Å²) in [6.07, 6.45) is 1.11. The van der Waals surface area contributed by atoms with Gasteiger partial charge < -0.3 is 20.4 Å². The maximum Gasteiger partial charge on any atom is 0.319 e. The number of piperazine rings is 1. The molecule has 31 heavy (non-hydrogen) atoms. The van der Waals surface area contributed by atoms with Gasteiger partial charge in [0.1, 0.15) is 0 Å². The molecule has 2 aromatic rings. The molecule has 0 aliphatic carbocycles. The van der Waals surface area contributed by atoms with Crippen molar-refractivity contribution in [3.05, 3.63) is 54.1 Å². The first-order valence-electron chi connectivity index (χ1n) is 10.9. The SMILES string of the molecule is CCC(C)Sc1ccc(NC(=O)NCC(=O)N2CCN(c3ccccc3)CC2)c(C)c1. The van der Waals surface area contributed by atoms with Gasteiger partial charge in [-0.2, -0.15) is 0 Å². The molecule has 0 aromatic heterocycles. The first kappa shape index (κ1) is 23.0. The lowest BCUT2D eigenvalue weighted by atomic mass is 10.2. The van der Waals surface area contributed by atoms with Crippen molar-refractivity contribution in [1.29, 1.82) is 0 Å². The van der Waals surface area contributed by atoms with Gasteiger partial charge in [-0.3, -0.25) is 4.79 Å². The molecule has 0 radical (unpaired) electrons. The van der Waals surface area contributed by atoms with E-state index in [0.29, 0.717) is 18.3 Å². The number of hydrogen-bond acceptors (Lipinski definition) is 4. The van der Waals surface area contributed by atoms with E-state index < -0.39 is 0 Å². The third kappa shape index (κ3) is 6.66. The highest BCUT2D eigenvalue weighted by Crippen LogP contribution is 2.28. The van der Waals surface area contributed by atoms with Crippen LogP contribution in [0.1, 0.15) is 25.8 Å². The van der Waals surface area contributed by atoms with Crippen molar-refractivity contribution < 1.29 is 9.59 Å². The zero-order valence-corrected chi connectivity index (χ0v) is 19.4. The van der Waals surface area contributed by atoms with Gasteiger partial charge in [-0.15, -0.1) is 11.8 Å². The molecule has 6 nitrogen and oxygen atoms in total. The summed E-state index contributed by atoms with van der Waals surface area (Å²) in [6, 6.07) is 15.9. The molecule has 0 bridgehead atoms. The number of carbonyl (C=O) groups is 2. The lowest BCUT2D eigenvalue weighted by Crippen LogP contribution is -2.51. The Morgan fingerprint density at radius 2 is 1.77 bits per heavy atom. The number of aryl methyl sites for hydroxylation is 1. The Bertz CT molecular complexity index is 882. The van der Waals surface area contributed by atoms with Crippen molar-refractivity contribution in [2.45, 2.75) is 37.3 Å². The summed E-state index contributed by atoms with van der Waals surface area (Å²) < 4.78 is 0. The molecule has 0 spiro atoms. The van der Waals surface area contributed by atoms with Crippen LogP contribution in [0.5, 0.6) is 0 Å². The lowest BCUT2D eigenvalue weighted by molar-refractivity contribution is -0.130. The Hall–Kier alpha value is -2.67.